The van der Waals surface area contributed by atoms with Crippen molar-refractivity contribution in [3.8, 4) is 0 Å². The number of carbonyl (C=O) groups is 1. The number of ketones is 1. The van der Waals surface area contributed by atoms with Gasteiger partial charge in [-0.2, -0.15) is 0 Å². The first-order chi connectivity index (χ1) is 4.70. The van der Waals surface area contributed by atoms with Gasteiger partial charge < -0.3 is 4.79 Å². The Bertz CT molecular complexity index is 243. The minimum atomic E-state index is 0. The van der Waals surface area contributed by atoms with Gasteiger partial charge >= 0.3 is 0 Å². The van der Waals surface area contributed by atoms with Crippen molar-refractivity contribution in [2.75, 3.05) is 0 Å². The van der Waals surface area contributed by atoms with E-state index in [4.69, 9.17) is 0 Å². The number of hydrogen-bond acceptors (Lipinski definition) is 1. The van der Waals surface area contributed by atoms with Crippen LogP contribution in [0.3, 0.4) is 0 Å². The maximum absolute atomic E-state index is 10.7. The van der Waals surface area contributed by atoms with Crippen molar-refractivity contribution >= 4 is 21.7 Å². The summed E-state index contributed by atoms with van der Waals surface area (Å²) < 4.78 is 0.942. The molecule has 0 amide bonds. The number of hydrogen-bond donors (Lipinski definition) is 0. The molecule has 1 nitrogen and oxygen atoms in total. The van der Waals surface area contributed by atoms with Crippen molar-refractivity contribution in [1.82, 2.24) is 0 Å². The SMILES string of the molecule is CC(=O)c1[c-]cc(Br)cc1.[Y]. The Balaban J connectivity index is 0.000001000. The smallest absolute Gasteiger partial charge is 0.0755 e. The van der Waals surface area contributed by atoms with Gasteiger partial charge in [0, 0.05) is 32.7 Å². The summed E-state index contributed by atoms with van der Waals surface area (Å²) in [6.07, 6.45) is 0. The zero-order valence-electron chi connectivity index (χ0n) is 6.10. The zero-order chi connectivity index (χ0) is 7.56. The maximum Gasteiger partial charge on any atom is 0.0755 e. The minimum Gasteiger partial charge on any atom is -0.352 e. The fourth-order valence-corrected chi connectivity index (χ4v) is 0.871. The summed E-state index contributed by atoms with van der Waals surface area (Å²) in [7, 11) is 0. The Labute approximate surface area is 99.6 Å². The molecule has 11 heavy (non-hydrogen) atoms. The summed E-state index contributed by atoms with van der Waals surface area (Å²) in [5.41, 5.74) is 0.628. The average molecular weight is 287 g/mol. The van der Waals surface area contributed by atoms with Gasteiger partial charge in [-0.3, -0.25) is 0 Å². The largest absolute Gasteiger partial charge is 0.352 e. The third-order valence-electron chi connectivity index (χ3n) is 1.15. The molecule has 55 valence electrons. The second-order valence-corrected chi connectivity index (χ2v) is 2.89. The molecule has 3 heteroatoms. The van der Waals surface area contributed by atoms with E-state index >= 15 is 0 Å². The van der Waals surface area contributed by atoms with Gasteiger partial charge in [-0.15, -0.1) is 45.8 Å². The van der Waals surface area contributed by atoms with Gasteiger partial charge in [0.15, 0.2) is 0 Å². The Hall–Kier alpha value is 0.474. The molecule has 0 aromatic heterocycles. The van der Waals surface area contributed by atoms with Crippen LogP contribution < -0.4 is 0 Å². The molecule has 1 aromatic carbocycles. The van der Waals surface area contributed by atoms with Crippen LogP contribution in [-0.4, -0.2) is 5.78 Å². The van der Waals surface area contributed by atoms with Crippen molar-refractivity contribution in [3.63, 3.8) is 0 Å². The van der Waals surface area contributed by atoms with Gasteiger partial charge in [0.25, 0.3) is 0 Å². The van der Waals surface area contributed by atoms with Gasteiger partial charge in [0.1, 0.15) is 0 Å². The molecule has 0 N–H and O–H groups in total. The third-order valence-corrected chi connectivity index (χ3v) is 1.65. The Kier molecular flexibility index (Phi) is 5.40. The standard InChI is InChI=1S/C8H6BrO.Y/c1-6(10)7-2-4-8(9)5-3-7;/h2,4-5H,1H3;/q-1;. The molecule has 1 rings (SSSR count). The summed E-state index contributed by atoms with van der Waals surface area (Å²) in [5, 5.41) is 0. The van der Waals surface area contributed by atoms with Crippen LogP contribution in [0.25, 0.3) is 0 Å². The molecule has 0 spiro atoms. The fraction of sp³-hybridized carbons (Fsp3) is 0.125. The van der Waals surface area contributed by atoms with Crippen LogP contribution in [0.15, 0.2) is 22.7 Å². The molecule has 1 aromatic rings. The molecule has 0 aliphatic rings. The maximum atomic E-state index is 10.7. The van der Waals surface area contributed by atoms with E-state index in [1.165, 1.54) is 6.92 Å². The second-order valence-electron chi connectivity index (χ2n) is 1.98. The van der Waals surface area contributed by atoms with Crippen LogP contribution in [0.2, 0.25) is 0 Å². The first-order valence-electron chi connectivity index (χ1n) is 2.88. The molecule has 0 atom stereocenters. The van der Waals surface area contributed by atoms with E-state index in [-0.39, 0.29) is 38.5 Å². The van der Waals surface area contributed by atoms with Crippen LogP contribution in [0, 0.1) is 6.07 Å². The third kappa shape index (κ3) is 3.59. The molecule has 0 heterocycles. The Morgan fingerprint density at radius 3 is 2.55 bits per heavy atom. The number of halogens is 1. The number of carbonyl (C=O) groups excluding carboxylic acids is 1. The Morgan fingerprint density at radius 1 is 1.55 bits per heavy atom. The summed E-state index contributed by atoms with van der Waals surface area (Å²) in [4.78, 5) is 10.7. The van der Waals surface area contributed by atoms with E-state index in [1.807, 2.05) is 6.07 Å². The number of Topliss-reactive ketones (excluding diaryl/α,β-unsaturated/α-hetero) is 1. The summed E-state index contributed by atoms with van der Waals surface area (Å²) in [5.74, 6) is 0.0486. The van der Waals surface area contributed by atoms with Crippen molar-refractivity contribution < 1.29 is 37.5 Å². The van der Waals surface area contributed by atoms with Crippen LogP contribution in [0.5, 0.6) is 0 Å². The van der Waals surface area contributed by atoms with E-state index in [1.54, 1.807) is 12.1 Å². The number of benzene rings is 1. The fourth-order valence-electron chi connectivity index (χ4n) is 0.625. The van der Waals surface area contributed by atoms with Crippen LogP contribution in [0.4, 0.5) is 0 Å². The van der Waals surface area contributed by atoms with E-state index in [9.17, 15) is 4.79 Å². The monoisotopic (exact) mass is 286 g/mol. The summed E-state index contributed by atoms with van der Waals surface area (Å²) >= 11 is 3.25. The molecule has 0 bridgehead atoms. The summed E-state index contributed by atoms with van der Waals surface area (Å²) in [6.45, 7) is 1.53. The van der Waals surface area contributed by atoms with Crippen LogP contribution in [-0.2, 0) is 32.7 Å². The topological polar surface area (TPSA) is 17.1 Å². The first kappa shape index (κ1) is 11.5. The van der Waals surface area contributed by atoms with Crippen LogP contribution >= 0.6 is 15.9 Å². The molecule has 0 fully saturated rings. The average Bonchev–Trinajstić information content (AvgIpc) is 1.88. The summed E-state index contributed by atoms with van der Waals surface area (Å²) in [6, 6.07) is 8.14. The Morgan fingerprint density at radius 2 is 2.18 bits per heavy atom. The van der Waals surface area contributed by atoms with Gasteiger partial charge in [0.2, 0.25) is 0 Å². The van der Waals surface area contributed by atoms with Crippen molar-refractivity contribution in [2.45, 2.75) is 6.92 Å². The molecular formula is C8H6BrOY-. The van der Waals surface area contributed by atoms with Crippen molar-refractivity contribution in [3.05, 3.63) is 34.3 Å². The predicted molar refractivity (Wildman–Crippen MR) is 43.0 cm³/mol. The van der Waals surface area contributed by atoms with E-state index < -0.39 is 0 Å². The van der Waals surface area contributed by atoms with E-state index in [2.05, 4.69) is 22.0 Å². The molecule has 0 unspecified atom stereocenters. The van der Waals surface area contributed by atoms with Crippen molar-refractivity contribution in [1.29, 1.82) is 0 Å². The van der Waals surface area contributed by atoms with Crippen molar-refractivity contribution in [2.24, 2.45) is 0 Å². The zero-order valence-corrected chi connectivity index (χ0v) is 10.5. The normalized spacial score (nSPS) is 8.55. The second kappa shape index (κ2) is 5.18. The molecule has 0 aliphatic carbocycles. The number of rotatable bonds is 1. The van der Waals surface area contributed by atoms with E-state index in [0.717, 1.165) is 4.47 Å². The molecule has 0 saturated carbocycles. The van der Waals surface area contributed by atoms with Crippen LogP contribution in [0.1, 0.15) is 17.3 Å². The van der Waals surface area contributed by atoms with Gasteiger partial charge in [-0.1, -0.05) is 4.47 Å². The first-order valence-corrected chi connectivity index (χ1v) is 3.67. The predicted octanol–water partition coefficient (Wildman–Crippen LogP) is 2.45. The van der Waals surface area contributed by atoms with Gasteiger partial charge in [-0.05, 0) is 6.92 Å². The van der Waals surface area contributed by atoms with E-state index in [0.29, 0.717) is 5.56 Å². The van der Waals surface area contributed by atoms with Gasteiger partial charge in [-0.25, -0.2) is 0 Å². The molecule has 0 saturated heterocycles. The molecular weight excluding hydrogens is 281 g/mol. The quantitative estimate of drug-likeness (QED) is 0.573. The van der Waals surface area contributed by atoms with Gasteiger partial charge in [0.05, 0.1) is 5.78 Å². The molecule has 0 aliphatic heterocycles. The molecule has 1 radical (unpaired) electrons. The minimum absolute atomic E-state index is 0.